The number of methoxy groups -OCH3 is 1. The van der Waals surface area contributed by atoms with Crippen molar-refractivity contribution in [2.24, 2.45) is 0 Å². The molecule has 2 rings (SSSR count). The third kappa shape index (κ3) is 1.49. The Balaban J connectivity index is 2.41. The summed E-state index contributed by atoms with van der Waals surface area (Å²) in [6.07, 6.45) is -0.331. The first-order valence-corrected chi connectivity index (χ1v) is 4.73. The molecular weight excluding hydrogens is 180 g/mol. The summed E-state index contributed by atoms with van der Waals surface area (Å²) in [5, 5.41) is 19.0. The van der Waals surface area contributed by atoms with Gasteiger partial charge in [-0.15, -0.1) is 0 Å². The van der Waals surface area contributed by atoms with Gasteiger partial charge in [0.15, 0.2) is 0 Å². The van der Waals surface area contributed by atoms with Crippen molar-refractivity contribution in [1.82, 2.24) is 0 Å². The van der Waals surface area contributed by atoms with Crippen LogP contribution in [-0.2, 0) is 12.8 Å². The van der Waals surface area contributed by atoms with Crippen LogP contribution in [0.4, 0.5) is 0 Å². The van der Waals surface area contributed by atoms with Crippen LogP contribution in [0.15, 0.2) is 18.2 Å². The van der Waals surface area contributed by atoms with Crippen LogP contribution in [0.1, 0.15) is 11.1 Å². The molecule has 1 aliphatic carbocycles. The SMILES string of the molecule is COc1cccc2c1C[C@H](O)[C@H](O)C2. The Labute approximate surface area is 83.0 Å². The summed E-state index contributed by atoms with van der Waals surface area (Å²) in [6.45, 7) is 0. The van der Waals surface area contributed by atoms with Gasteiger partial charge in [0.2, 0.25) is 0 Å². The van der Waals surface area contributed by atoms with Gasteiger partial charge in [-0.25, -0.2) is 0 Å². The minimum absolute atomic E-state index is 0.473. The van der Waals surface area contributed by atoms with Crippen LogP contribution in [0, 0.1) is 0 Å². The lowest BCUT2D eigenvalue weighted by Gasteiger charge is -2.26. The standard InChI is InChI=1S/C11H14O3/c1-14-11-4-2-3-7-5-9(12)10(13)6-8(7)11/h2-4,9-10,12-13H,5-6H2,1H3/t9-,10+/m1/s1. The first kappa shape index (κ1) is 9.49. The predicted octanol–water partition coefficient (Wildman–Crippen LogP) is 0.516. The number of benzene rings is 1. The summed E-state index contributed by atoms with van der Waals surface area (Å²) in [5.41, 5.74) is 2.09. The van der Waals surface area contributed by atoms with Crippen LogP contribution in [-0.4, -0.2) is 29.5 Å². The van der Waals surface area contributed by atoms with E-state index in [1.54, 1.807) is 7.11 Å². The zero-order valence-electron chi connectivity index (χ0n) is 8.10. The van der Waals surface area contributed by atoms with Crippen molar-refractivity contribution in [3.05, 3.63) is 29.3 Å². The van der Waals surface area contributed by atoms with Gasteiger partial charge in [0.1, 0.15) is 5.75 Å². The first-order valence-electron chi connectivity index (χ1n) is 4.73. The summed E-state index contributed by atoms with van der Waals surface area (Å²) in [5.74, 6) is 0.799. The van der Waals surface area contributed by atoms with E-state index in [2.05, 4.69) is 0 Å². The van der Waals surface area contributed by atoms with E-state index in [1.165, 1.54) is 0 Å². The van der Waals surface area contributed by atoms with Gasteiger partial charge in [-0.2, -0.15) is 0 Å². The van der Waals surface area contributed by atoms with Gasteiger partial charge in [-0.05, 0) is 11.6 Å². The van der Waals surface area contributed by atoms with Crippen LogP contribution >= 0.6 is 0 Å². The Morgan fingerprint density at radius 1 is 1.21 bits per heavy atom. The average Bonchev–Trinajstić information content (AvgIpc) is 2.19. The van der Waals surface area contributed by atoms with Crippen molar-refractivity contribution in [3.63, 3.8) is 0 Å². The molecule has 3 heteroatoms. The maximum absolute atomic E-state index is 9.54. The maximum Gasteiger partial charge on any atom is 0.122 e. The highest BCUT2D eigenvalue weighted by atomic mass is 16.5. The lowest BCUT2D eigenvalue weighted by molar-refractivity contribution is 0.0137. The monoisotopic (exact) mass is 194 g/mol. The summed E-state index contributed by atoms with van der Waals surface area (Å²) in [6, 6.07) is 5.75. The fraction of sp³-hybridized carbons (Fsp3) is 0.455. The van der Waals surface area contributed by atoms with Gasteiger partial charge in [-0.3, -0.25) is 0 Å². The minimum Gasteiger partial charge on any atom is -0.496 e. The van der Waals surface area contributed by atoms with Crippen molar-refractivity contribution < 1.29 is 14.9 Å². The van der Waals surface area contributed by atoms with Crippen molar-refractivity contribution in [2.45, 2.75) is 25.0 Å². The fourth-order valence-electron chi connectivity index (χ4n) is 1.93. The molecule has 0 bridgehead atoms. The highest BCUT2D eigenvalue weighted by Crippen LogP contribution is 2.29. The fourth-order valence-corrected chi connectivity index (χ4v) is 1.93. The van der Waals surface area contributed by atoms with Gasteiger partial charge >= 0.3 is 0 Å². The molecule has 1 aromatic carbocycles. The average molecular weight is 194 g/mol. The van der Waals surface area contributed by atoms with E-state index in [9.17, 15) is 10.2 Å². The van der Waals surface area contributed by atoms with E-state index >= 15 is 0 Å². The van der Waals surface area contributed by atoms with E-state index in [-0.39, 0.29) is 0 Å². The highest BCUT2D eigenvalue weighted by molar-refractivity contribution is 5.42. The first-order chi connectivity index (χ1) is 6.72. The number of aliphatic hydroxyl groups is 2. The van der Waals surface area contributed by atoms with Crippen molar-refractivity contribution >= 4 is 0 Å². The molecule has 0 saturated carbocycles. The number of rotatable bonds is 1. The zero-order valence-corrected chi connectivity index (χ0v) is 8.10. The Kier molecular flexibility index (Phi) is 2.44. The van der Waals surface area contributed by atoms with E-state index in [0.29, 0.717) is 12.8 Å². The number of ether oxygens (including phenoxy) is 1. The molecule has 0 spiro atoms. The number of hydrogen-bond donors (Lipinski definition) is 2. The highest BCUT2D eigenvalue weighted by Gasteiger charge is 2.26. The van der Waals surface area contributed by atoms with Gasteiger partial charge in [0.05, 0.1) is 19.3 Å². The summed E-state index contributed by atoms with van der Waals surface area (Å²) in [4.78, 5) is 0. The molecule has 0 aromatic heterocycles. The molecule has 3 nitrogen and oxygen atoms in total. The number of fused-ring (bicyclic) bond motifs is 1. The van der Waals surface area contributed by atoms with E-state index in [0.717, 1.165) is 16.9 Å². The summed E-state index contributed by atoms with van der Waals surface area (Å²) < 4.78 is 5.20. The molecule has 1 aliphatic rings. The molecule has 0 saturated heterocycles. The molecule has 0 radical (unpaired) electrons. The molecule has 2 N–H and O–H groups in total. The lowest BCUT2D eigenvalue weighted by atomic mass is 9.87. The Bertz CT molecular complexity index is 335. The van der Waals surface area contributed by atoms with Gasteiger partial charge in [-0.1, -0.05) is 12.1 Å². The minimum atomic E-state index is -0.668. The molecular formula is C11H14O3. The van der Waals surface area contributed by atoms with Crippen molar-refractivity contribution in [2.75, 3.05) is 7.11 Å². The van der Waals surface area contributed by atoms with Gasteiger partial charge in [0, 0.05) is 18.4 Å². The third-order valence-corrected chi connectivity index (χ3v) is 2.74. The zero-order chi connectivity index (χ0) is 10.1. The van der Waals surface area contributed by atoms with Crippen LogP contribution in [0.25, 0.3) is 0 Å². The molecule has 1 aromatic rings. The molecule has 14 heavy (non-hydrogen) atoms. The molecule has 0 heterocycles. The smallest absolute Gasteiger partial charge is 0.122 e. The Morgan fingerprint density at radius 2 is 1.93 bits per heavy atom. The normalized spacial score (nSPS) is 25.6. The quantitative estimate of drug-likeness (QED) is 0.685. The Morgan fingerprint density at radius 3 is 2.64 bits per heavy atom. The van der Waals surface area contributed by atoms with Crippen LogP contribution < -0.4 is 4.74 Å². The molecule has 0 aliphatic heterocycles. The van der Waals surface area contributed by atoms with Crippen molar-refractivity contribution in [1.29, 1.82) is 0 Å². The predicted molar refractivity (Wildman–Crippen MR) is 52.4 cm³/mol. The van der Waals surface area contributed by atoms with E-state index in [1.807, 2.05) is 18.2 Å². The molecule has 0 unspecified atom stereocenters. The van der Waals surface area contributed by atoms with E-state index in [4.69, 9.17) is 4.74 Å². The number of hydrogen-bond acceptors (Lipinski definition) is 3. The van der Waals surface area contributed by atoms with Gasteiger partial charge in [0.25, 0.3) is 0 Å². The topological polar surface area (TPSA) is 49.7 Å². The second-order valence-electron chi connectivity index (χ2n) is 3.64. The maximum atomic E-state index is 9.54. The van der Waals surface area contributed by atoms with Crippen LogP contribution in [0.2, 0.25) is 0 Å². The van der Waals surface area contributed by atoms with Gasteiger partial charge < -0.3 is 14.9 Å². The molecule has 0 fully saturated rings. The Hall–Kier alpha value is -1.06. The van der Waals surface area contributed by atoms with Crippen molar-refractivity contribution in [3.8, 4) is 5.75 Å². The van der Waals surface area contributed by atoms with Crippen LogP contribution in [0.3, 0.4) is 0 Å². The lowest BCUT2D eigenvalue weighted by Crippen LogP contribution is -2.34. The van der Waals surface area contributed by atoms with E-state index < -0.39 is 12.2 Å². The summed E-state index contributed by atoms with van der Waals surface area (Å²) >= 11 is 0. The summed E-state index contributed by atoms with van der Waals surface area (Å²) in [7, 11) is 1.62. The molecule has 76 valence electrons. The van der Waals surface area contributed by atoms with Crippen LogP contribution in [0.5, 0.6) is 5.75 Å². The number of aliphatic hydroxyl groups excluding tert-OH is 2. The second kappa shape index (κ2) is 3.59. The third-order valence-electron chi connectivity index (χ3n) is 2.74. The molecule has 2 atom stereocenters. The molecule has 0 amide bonds. The largest absolute Gasteiger partial charge is 0.496 e. The second-order valence-corrected chi connectivity index (χ2v) is 3.64.